The monoisotopic (exact) mass is 292 g/mol. The molecule has 0 radical (unpaired) electrons. The molecule has 1 aromatic heterocycles. The Morgan fingerprint density at radius 1 is 1.24 bits per heavy atom. The highest BCUT2D eigenvalue weighted by Crippen LogP contribution is 2.12. The maximum atomic E-state index is 12.3. The predicted molar refractivity (Wildman–Crippen MR) is 83.9 cm³/mol. The van der Waals surface area contributed by atoms with Crippen LogP contribution in [0.1, 0.15) is 39.5 Å². The summed E-state index contributed by atoms with van der Waals surface area (Å²) in [5, 5.41) is 3.10. The summed E-state index contributed by atoms with van der Waals surface area (Å²) in [4.78, 5) is 18.6. The van der Waals surface area contributed by atoms with Crippen molar-refractivity contribution < 1.29 is 4.79 Å². The van der Waals surface area contributed by atoms with Gasteiger partial charge in [-0.25, -0.2) is 4.98 Å². The minimum Gasteiger partial charge on any atom is -0.354 e. The second kappa shape index (κ2) is 8.17. The topological polar surface area (TPSA) is 50.2 Å². The van der Waals surface area contributed by atoms with Crippen LogP contribution in [0.3, 0.4) is 0 Å². The van der Waals surface area contributed by atoms with Crippen molar-refractivity contribution in [2.75, 3.05) is 19.6 Å². The van der Waals surface area contributed by atoms with Gasteiger partial charge in [-0.1, -0.05) is 19.8 Å². The molecule has 1 aromatic rings. The Morgan fingerprint density at radius 2 is 1.95 bits per heavy atom. The van der Waals surface area contributed by atoms with Crippen molar-refractivity contribution in [2.24, 2.45) is 5.92 Å². The van der Waals surface area contributed by atoms with Gasteiger partial charge < -0.3 is 9.88 Å². The average Bonchev–Trinajstić information content (AvgIpc) is 2.83. The molecule has 21 heavy (non-hydrogen) atoms. The van der Waals surface area contributed by atoms with Crippen molar-refractivity contribution in [3.05, 3.63) is 18.7 Å². The molecule has 1 amide bonds. The molecule has 118 valence electrons. The Bertz CT molecular complexity index is 410. The van der Waals surface area contributed by atoms with Crippen LogP contribution in [0.5, 0.6) is 0 Å². The molecule has 0 unspecified atom stereocenters. The first-order chi connectivity index (χ1) is 10.2. The van der Waals surface area contributed by atoms with Crippen molar-refractivity contribution in [1.29, 1.82) is 0 Å². The van der Waals surface area contributed by atoms with Crippen molar-refractivity contribution in [2.45, 2.75) is 52.1 Å². The molecule has 0 aromatic carbocycles. The Kier molecular flexibility index (Phi) is 6.23. The second-order valence-electron chi connectivity index (χ2n) is 6.24. The number of likely N-dealkylation sites (tertiary alicyclic amines) is 1. The number of amides is 1. The van der Waals surface area contributed by atoms with Gasteiger partial charge in [-0.15, -0.1) is 0 Å². The molecule has 1 aliphatic heterocycles. The van der Waals surface area contributed by atoms with E-state index >= 15 is 0 Å². The molecule has 1 aliphatic rings. The lowest BCUT2D eigenvalue weighted by Crippen LogP contribution is -2.46. The van der Waals surface area contributed by atoms with Crippen LogP contribution in [0, 0.1) is 5.92 Å². The molecule has 5 heteroatoms. The van der Waals surface area contributed by atoms with Crippen LogP contribution < -0.4 is 5.32 Å². The van der Waals surface area contributed by atoms with E-state index in [4.69, 9.17) is 0 Å². The Hall–Kier alpha value is -1.36. The number of aromatic nitrogens is 2. The smallest absolute Gasteiger partial charge is 0.237 e. The summed E-state index contributed by atoms with van der Waals surface area (Å²) in [5.74, 6) is 0.564. The summed E-state index contributed by atoms with van der Waals surface area (Å²) >= 11 is 0. The first kappa shape index (κ1) is 16.0. The summed E-state index contributed by atoms with van der Waals surface area (Å²) in [6, 6.07) is -0.0106. The van der Waals surface area contributed by atoms with Crippen molar-refractivity contribution in [3.63, 3.8) is 0 Å². The zero-order valence-electron chi connectivity index (χ0n) is 13.3. The van der Waals surface area contributed by atoms with Gasteiger partial charge in [0.25, 0.3) is 0 Å². The van der Waals surface area contributed by atoms with Crippen LogP contribution in [0.4, 0.5) is 0 Å². The molecule has 0 saturated carbocycles. The van der Waals surface area contributed by atoms with E-state index in [9.17, 15) is 4.79 Å². The Labute approximate surface area is 127 Å². The lowest BCUT2D eigenvalue weighted by molar-refractivity contribution is -0.126. The number of hydrogen-bond acceptors (Lipinski definition) is 3. The van der Waals surface area contributed by atoms with E-state index in [2.05, 4.69) is 26.7 Å². The van der Waals surface area contributed by atoms with Crippen LogP contribution in [-0.4, -0.2) is 46.0 Å². The number of nitrogens with zero attached hydrogens (tertiary/aromatic N) is 3. The van der Waals surface area contributed by atoms with E-state index in [1.54, 1.807) is 6.20 Å². The molecule has 5 nitrogen and oxygen atoms in total. The third kappa shape index (κ3) is 5.16. The zero-order chi connectivity index (χ0) is 15.1. The van der Waals surface area contributed by atoms with Crippen LogP contribution in [-0.2, 0) is 11.3 Å². The molecule has 0 spiro atoms. The normalized spacial score (nSPS) is 19.7. The molecule has 2 atom stereocenters. The minimum absolute atomic E-state index is 0.0106. The van der Waals surface area contributed by atoms with Crippen molar-refractivity contribution in [1.82, 2.24) is 19.8 Å². The van der Waals surface area contributed by atoms with Gasteiger partial charge in [0.05, 0.1) is 12.4 Å². The number of rotatable bonds is 6. The van der Waals surface area contributed by atoms with Crippen molar-refractivity contribution in [3.8, 4) is 0 Å². The van der Waals surface area contributed by atoms with Gasteiger partial charge in [0.15, 0.2) is 0 Å². The Balaban J connectivity index is 1.72. The van der Waals surface area contributed by atoms with Gasteiger partial charge in [-0.2, -0.15) is 0 Å². The van der Waals surface area contributed by atoms with Gasteiger partial charge in [0.2, 0.25) is 5.91 Å². The van der Waals surface area contributed by atoms with Crippen LogP contribution in [0.25, 0.3) is 0 Å². The summed E-state index contributed by atoms with van der Waals surface area (Å²) in [6.07, 6.45) is 10.6. The SMILES string of the molecule is C[C@H](CNC(=O)[C@H](C)N1CCCCCC1)Cn1ccnc1. The van der Waals surface area contributed by atoms with E-state index in [0.29, 0.717) is 5.92 Å². The summed E-state index contributed by atoms with van der Waals surface area (Å²) in [6.45, 7) is 7.89. The fourth-order valence-electron chi connectivity index (χ4n) is 2.89. The second-order valence-corrected chi connectivity index (χ2v) is 6.24. The summed E-state index contributed by atoms with van der Waals surface area (Å²) in [7, 11) is 0. The average molecular weight is 292 g/mol. The lowest BCUT2D eigenvalue weighted by Gasteiger charge is -2.27. The first-order valence-corrected chi connectivity index (χ1v) is 8.14. The molecular weight excluding hydrogens is 264 g/mol. The lowest BCUT2D eigenvalue weighted by atomic mass is 10.1. The van der Waals surface area contributed by atoms with E-state index in [1.807, 2.05) is 19.4 Å². The Morgan fingerprint density at radius 3 is 2.57 bits per heavy atom. The molecule has 0 aliphatic carbocycles. The fraction of sp³-hybridized carbons (Fsp3) is 0.750. The quantitative estimate of drug-likeness (QED) is 0.871. The van der Waals surface area contributed by atoms with E-state index in [0.717, 1.165) is 26.2 Å². The maximum Gasteiger partial charge on any atom is 0.237 e. The van der Waals surface area contributed by atoms with Crippen LogP contribution in [0.15, 0.2) is 18.7 Å². The highest BCUT2D eigenvalue weighted by Gasteiger charge is 2.22. The molecular formula is C16H28N4O. The van der Waals surface area contributed by atoms with E-state index in [-0.39, 0.29) is 11.9 Å². The maximum absolute atomic E-state index is 12.3. The highest BCUT2D eigenvalue weighted by molar-refractivity contribution is 5.81. The molecule has 1 saturated heterocycles. The number of imidazole rings is 1. The largest absolute Gasteiger partial charge is 0.354 e. The molecule has 1 N–H and O–H groups in total. The fourth-order valence-corrected chi connectivity index (χ4v) is 2.89. The van der Waals surface area contributed by atoms with Gasteiger partial charge in [-0.3, -0.25) is 9.69 Å². The standard InChI is InChI=1S/C16H28N4O/c1-14(12-19-10-7-17-13-19)11-18-16(21)15(2)20-8-5-3-4-6-9-20/h7,10,13-15H,3-6,8-9,11-12H2,1-2H3,(H,18,21)/t14-,15+/m1/s1. The number of carbonyl (C=O) groups is 1. The molecule has 2 heterocycles. The number of nitrogens with one attached hydrogen (secondary N) is 1. The van der Waals surface area contributed by atoms with Gasteiger partial charge >= 0.3 is 0 Å². The summed E-state index contributed by atoms with van der Waals surface area (Å²) in [5.41, 5.74) is 0. The van der Waals surface area contributed by atoms with Crippen LogP contribution in [0.2, 0.25) is 0 Å². The third-order valence-electron chi connectivity index (χ3n) is 4.27. The van der Waals surface area contributed by atoms with Gasteiger partial charge in [0, 0.05) is 25.5 Å². The van der Waals surface area contributed by atoms with Crippen molar-refractivity contribution >= 4 is 5.91 Å². The number of carbonyl (C=O) groups excluding carboxylic acids is 1. The van der Waals surface area contributed by atoms with Gasteiger partial charge in [-0.05, 0) is 38.8 Å². The molecule has 1 fully saturated rings. The predicted octanol–water partition coefficient (Wildman–Crippen LogP) is 1.90. The van der Waals surface area contributed by atoms with Crippen LogP contribution >= 0.6 is 0 Å². The molecule has 0 bridgehead atoms. The highest BCUT2D eigenvalue weighted by atomic mass is 16.2. The van der Waals surface area contributed by atoms with Gasteiger partial charge in [0.1, 0.15) is 0 Å². The number of hydrogen-bond donors (Lipinski definition) is 1. The third-order valence-corrected chi connectivity index (χ3v) is 4.27. The minimum atomic E-state index is -0.0106. The first-order valence-electron chi connectivity index (χ1n) is 8.14. The molecule has 2 rings (SSSR count). The van der Waals surface area contributed by atoms with E-state index in [1.165, 1.54) is 25.7 Å². The summed E-state index contributed by atoms with van der Waals surface area (Å²) < 4.78 is 2.05. The van der Waals surface area contributed by atoms with E-state index < -0.39 is 0 Å². The zero-order valence-corrected chi connectivity index (χ0v) is 13.3.